The van der Waals surface area contributed by atoms with E-state index in [0.29, 0.717) is 24.5 Å². The largest absolute Gasteiger partial charge is 0.398 e. The van der Waals surface area contributed by atoms with Crippen molar-refractivity contribution in [2.75, 3.05) is 12.3 Å². The molecule has 0 spiro atoms. The number of nitrogen functional groups attached to an aromatic ring is 1. The topological polar surface area (TPSA) is 72.1 Å². The molecule has 1 aromatic heterocycles. The average molecular weight is 284 g/mol. The van der Waals surface area contributed by atoms with Gasteiger partial charge < -0.3 is 10.6 Å². The molecule has 110 valence electrons. The van der Waals surface area contributed by atoms with Crippen LogP contribution in [-0.4, -0.2) is 27.3 Å². The third-order valence-corrected chi connectivity index (χ3v) is 3.20. The Hall–Kier alpha value is -2.43. The highest BCUT2D eigenvalue weighted by Crippen LogP contribution is 2.15. The van der Waals surface area contributed by atoms with E-state index in [1.54, 1.807) is 11.1 Å². The molecule has 0 radical (unpaired) electrons. The van der Waals surface area contributed by atoms with Gasteiger partial charge in [0.1, 0.15) is 5.69 Å². The van der Waals surface area contributed by atoms with E-state index in [0.717, 1.165) is 17.7 Å². The molecule has 21 heavy (non-hydrogen) atoms. The van der Waals surface area contributed by atoms with Gasteiger partial charge in [-0.3, -0.25) is 9.78 Å². The van der Waals surface area contributed by atoms with E-state index in [-0.39, 0.29) is 5.91 Å². The maximum Gasteiger partial charge on any atom is 0.274 e. The fourth-order valence-corrected chi connectivity index (χ4v) is 2.07. The number of benzene rings is 1. The first kappa shape index (κ1) is 15.0. The van der Waals surface area contributed by atoms with Crippen molar-refractivity contribution in [3.8, 4) is 0 Å². The smallest absolute Gasteiger partial charge is 0.274 e. The zero-order valence-electron chi connectivity index (χ0n) is 12.4. The third-order valence-electron chi connectivity index (χ3n) is 3.20. The van der Waals surface area contributed by atoms with Gasteiger partial charge in [-0.25, -0.2) is 4.98 Å². The predicted molar refractivity (Wildman–Crippen MR) is 82.7 cm³/mol. The Bertz CT molecular complexity index is 610. The molecule has 0 aliphatic rings. The lowest BCUT2D eigenvalue weighted by Crippen LogP contribution is -2.32. The molecule has 0 unspecified atom stereocenters. The number of rotatable bonds is 5. The van der Waals surface area contributed by atoms with Gasteiger partial charge in [0.05, 0.1) is 11.9 Å². The van der Waals surface area contributed by atoms with Crippen LogP contribution in [0.25, 0.3) is 0 Å². The second-order valence-electron chi connectivity index (χ2n) is 4.97. The quantitative estimate of drug-likeness (QED) is 0.856. The van der Waals surface area contributed by atoms with Crippen LogP contribution in [-0.2, 0) is 6.54 Å². The molecule has 2 rings (SSSR count). The number of hydrogen-bond acceptors (Lipinski definition) is 4. The van der Waals surface area contributed by atoms with Crippen LogP contribution in [0, 0.1) is 6.92 Å². The Kier molecular flexibility index (Phi) is 4.87. The summed E-state index contributed by atoms with van der Waals surface area (Å²) in [6.07, 6.45) is 4.00. The number of aromatic nitrogens is 2. The van der Waals surface area contributed by atoms with Crippen molar-refractivity contribution in [2.45, 2.75) is 26.8 Å². The van der Waals surface area contributed by atoms with Crippen LogP contribution in [0.3, 0.4) is 0 Å². The number of aryl methyl sites for hydroxylation is 1. The zero-order valence-corrected chi connectivity index (χ0v) is 12.4. The highest BCUT2D eigenvalue weighted by Gasteiger charge is 2.17. The first-order valence-electron chi connectivity index (χ1n) is 7.03. The molecule has 0 atom stereocenters. The van der Waals surface area contributed by atoms with Crippen molar-refractivity contribution < 1.29 is 4.79 Å². The van der Waals surface area contributed by atoms with Crippen molar-refractivity contribution in [1.29, 1.82) is 0 Å². The van der Waals surface area contributed by atoms with Crippen molar-refractivity contribution >= 4 is 11.6 Å². The Morgan fingerprint density at radius 2 is 2.00 bits per heavy atom. The maximum absolute atomic E-state index is 12.5. The van der Waals surface area contributed by atoms with Crippen LogP contribution in [0.2, 0.25) is 0 Å². The summed E-state index contributed by atoms with van der Waals surface area (Å²) in [6.45, 7) is 5.02. The van der Waals surface area contributed by atoms with Gasteiger partial charge in [0.15, 0.2) is 0 Å². The average Bonchev–Trinajstić information content (AvgIpc) is 2.49. The molecular weight excluding hydrogens is 264 g/mol. The minimum absolute atomic E-state index is 0.118. The van der Waals surface area contributed by atoms with E-state index >= 15 is 0 Å². The summed E-state index contributed by atoms with van der Waals surface area (Å²) >= 11 is 0. The van der Waals surface area contributed by atoms with E-state index in [9.17, 15) is 4.79 Å². The number of para-hydroxylation sites is 1. The summed E-state index contributed by atoms with van der Waals surface area (Å²) < 4.78 is 0. The van der Waals surface area contributed by atoms with Crippen LogP contribution < -0.4 is 5.73 Å². The van der Waals surface area contributed by atoms with Gasteiger partial charge in [0, 0.05) is 25.0 Å². The molecule has 0 bridgehead atoms. The summed E-state index contributed by atoms with van der Waals surface area (Å²) in [5, 5.41) is 0. The number of hydrogen-bond donors (Lipinski definition) is 1. The summed E-state index contributed by atoms with van der Waals surface area (Å²) in [6, 6.07) is 7.59. The van der Waals surface area contributed by atoms with E-state index < -0.39 is 0 Å². The summed E-state index contributed by atoms with van der Waals surface area (Å²) in [7, 11) is 0. The van der Waals surface area contributed by atoms with Crippen LogP contribution in [0.15, 0.2) is 36.7 Å². The second-order valence-corrected chi connectivity index (χ2v) is 4.97. The van der Waals surface area contributed by atoms with Gasteiger partial charge in [0.25, 0.3) is 5.91 Å². The molecule has 1 heterocycles. The summed E-state index contributed by atoms with van der Waals surface area (Å²) in [5.41, 5.74) is 8.75. The summed E-state index contributed by atoms with van der Waals surface area (Å²) in [5.74, 6) is -0.118. The van der Waals surface area contributed by atoms with Gasteiger partial charge in [-0.2, -0.15) is 0 Å². The lowest BCUT2D eigenvalue weighted by Gasteiger charge is -2.22. The third kappa shape index (κ3) is 3.78. The molecular formula is C16H20N4O. The molecule has 1 aromatic carbocycles. The normalized spacial score (nSPS) is 10.4. The van der Waals surface area contributed by atoms with Crippen molar-refractivity contribution in [2.24, 2.45) is 0 Å². The van der Waals surface area contributed by atoms with E-state index in [1.165, 1.54) is 6.20 Å². The number of carbonyl (C=O) groups is 1. The Morgan fingerprint density at radius 1 is 1.24 bits per heavy atom. The molecule has 5 heteroatoms. The molecule has 1 amide bonds. The van der Waals surface area contributed by atoms with Gasteiger partial charge in [-0.15, -0.1) is 0 Å². The molecule has 0 saturated carbocycles. The Balaban J connectivity index is 2.20. The fraction of sp³-hybridized carbons (Fsp3) is 0.312. The van der Waals surface area contributed by atoms with Gasteiger partial charge in [-0.05, 0) is 25.0 Å². The highest BCUT2D eigenvalue weighted by atomic mass is 16.2. The minimum Gasteiger partial charge on any atom is -0.398 e. The maximum atomic E-state index is 12.5. The second kappa shape index (κ2) is 6.83. The van der Waals surface area contributed by atoms with Crippen LogP contribution in [0.5, 0.6) is 0 Å². The van der Waals surface area contributed by atoms with E-state index in [2.05, 4.69) is 9.97 Å². The standard InChI is InChI=1S/C16H20N4O/c1-3-8-20(11-13-6-4-5-7-14(13)17)16(21)15-10-18-12(2)9-19-15/h4-7,9-10H,3,8,11,17H2,1-2H3. The summed E-state index contributed by atoms with van der Waals surface area (Å²) in [4.78, 5) is 22.6. The molecule has 5 nitrogen and oxygen atoms in total. The molecule has 0 saturated heterocycles. The molecule has 0 aliphatic carbocycles. The van der Waals surface area contributed by atoms with Crippen molar-refractivity contribution in [3.05, 3.63) is 53.6 Å². The lowest BCUT2D eigenvalue weighted by molar-refractivity contribution is 0.0737. The van der Waals surface area contributed by atoms with Gasteiger partial charge >= 0.3 is 0 Å². The Labute approximate surface area is 124 Å². The monoisotopic (exact) mass is 284 g/mol. The van der Waals surface area contributed by atoms with E-state index in [4.69, 9.17) is 5.73 Å². The number of nitrogens with zero attached hydrogens (tertiary/aromatic N) is 3. The van der Waals surface area contributed by atoms with Crippen LogP contribution in [0.4, 0.5) is 5.69 Å². The molecule has 2 aromatic rings. The van der Waals surface area contributed by atoms with Crippen molar-refractivity contribution in [1.82, 2.24) is 14.9 Å². The van der Waals surface area contributed by atoms with E-state index in [1.807, 2.05) is 38.1 Å². The van der Waals surface area contributed by atoms with Gasteiger partial charge in [-0.1, -0.05) is 25.1 Å². The number of amides is 1. The first-order valence-corrected chi connectivity index (χ1v) is 7.03. The molecule has 2 N–H and O–H groups in total. The Morgan fingerprint density at radius 3 is 2.62 bits per heavy atom. The molecule has 0 fully saturated rings. The van der Waals surface area contributed by atoms with Crippen LogP contribution in [0.1, 0.15) is 35.1 Å². The number of nitrogens with two attached hydrogens (primary N) is 1. The minimum atomic E-state index is -0.118. The fourth-order valence-electron chi connectivity index (χ4n) is 2.07. The number of anilines is 1. The lowest BCUT2D eigenvalue weighted by atomic mass is 10.1. The van der Waals surface area contributed by atoms with Crippen molar-refractivity contribution in [3.63, 3.8) is 0 Å². The zero-order chi connectivity index (χ0) is 15.2. The molecule has 0 aliphatic heterocycles. The van der Waals surface area contributed by atoms with Crippen LogP contribution >= 0.6 is 0 Å². The SMILES string of the molecule is CCCN(Cc1ccccc1N)C(=O)c1cnc(C)cn1. The van der Waals surface area contributed by atoms with Gasteiger partial charge in [0.2, 0.25) is 0 Å². The highest BCUT2D eigenvalue weighted by molar-refractivity contribution is 5.92. The first-order chi connectivity index (χ1) is 10.1. The predicted octanol–water partition coefficient (Wildman–Crippen LogP) is 2.42. The number of carbonyl (C=O) groups excluding carboxylic acids is 1.